The largest absolute Gasteiger partial charge is 0.497 e. The van der Waals surface area contributed by atoms with E-state index in [1.807, 2.05) is 43.0 Å². The second-order valence-corrected chi connectivity index (χ2v) is 10.9. The third kappa shape index (κ3) is 4.21. The minimum Gasteiger partial charge on any atom is -0.497 e. The molecule has 192 valence electrons. The zero-order valence-electron chi connectivity index (χ0n) is 22.4. The molecule has 8 heteroatoms. The normalized spacial score (nSPS) is 18.7. The highest BCUT2D eigenvalue weighted by atomic mass is 32.2. The van der Waals surface area contributed by atoms with E-state index in [1.165, 1.54) is 16.7 Å². The van der Waals surface area contributed by atoms with Crippen molar-refractivity contribution in [3.63, 3.8) is 0 Å². The topological polar surface area (TPSA) is 80.6 Å². The minimum atomic E-state index is -3.95. The number of hydrogen-bond donors (Lipinski definition) is 0. The molecule has 2 heterocycles. The average molecular weight is 510 g/mol. The van der Waals surface area contributed by atoms with Gasteiger partial charge in [-0.1, -0.05) is 17.3 Å². The Kier molecular flexibility index (Phi) is 7.01. The van der Waals surface area contributed by atoms with E-state index in [2.05, 4.69) is 44.2 Å². The molecule has 0 amide bonds. The molecule has 7 nitrogen and oxygen atoms in total. The standard InChI is InChI=1S/C28H35N3O4S/c1-9-31(10-2)28-26(21-11-13-22(34-8)14-12-21)27(36(32,33)30-28)24-15-23(29-35-24)25-19(6)17(4)16(3)18(5)20(25)7/h11-14,24H,9-10,15H2,1-8H3. The van der Waals surface area contributed by atoms with Crippen LogP contribution < -0.4 is 4.74 Å². The molecule has 1 unspecified atom stereocenters. The molecule has 0 aliphatic carbocycles. The van der Waals surface area contributed by atoms with Gasteiger partial charge in [0.2, 0.25) is 0 Å². The third-order valence-corrected chi connectivity index (χ3v) is 9.08. The van der Waals surface area contributed by atoms with E-state index in [0.29, 0.717) is 36.7 Å². The Hall–Kier alpha value is -3.13. The summed E-state index contributed by atoms with van der Waals surface area (Å²) in [5.41, 5.74) is 9.16. The highest BCUT2D eigenvalue weighted by Crippen LogP contribution is 2.40. The smallest absolute Gasteiger partial charge is 0.285 e. The Balaban J connectivity index is 1.83. The van der Waals surface area contributed by atoms with Crippen LogP contribution in [-0.2, 0) is 14.9 Å². The van der Waals surface area contributed by atoms with Crippen LogP contribution in [0.4, 0.5) is 0 Å². The van der Waals surface area contributed by atoms with Crippen LogP contribution in [0.15, 0.2) is 38.7 Å². The van der Waals surface area contributed by atoms with Gasteiger partial charge in [0.1, 0.15) is 10.7 Å². The molecule has 4 rings (SSSR count). The number of ether oxygens (including phenoxy) is 1. The SMILES string of the molecule is CCN(CC)C1=NS(=O)(=O)C(C2CC(c3c(C)c(C)c(C)c(C)c3C)=NO2)=C1c1ccc(OC)cc1. The molecule has 0 aromatic heterocycles. The number of nitrogens with zero attached hydrogens (tertiary/aromatic N) is 3. The van der Waals surface area contributed by atoms with E-state index in [4.69, 9.17) is 9.57 Å². The lowest BCUT2D eigenvalue weighted by atomic mass is 9.86. The highest BCUT2D eigenvalue weighted by molar-refractivity contribution is 7.95. The fourth-order valence-corrected chi connectivity index (χ4v) is 6.60. The maximum atomic E-state index is 13.5. The van der Waals surface area contributed by atoms with Crippen molar-refractivity contribution in [2.24, 2.45) is 9.55 Å². The lowest BCUT2D eigenvalue weighted by Gasteiger charge is -2.23. The molecule has 0 bridgehead atoms. The summed E-state index contributed by atoms with van der Waals surface area (Å²) in [5, 5.41) is 4.43. The fraction of sp³-hybridized carbons (Fsp3) is 0.429. The summed E-state index contributed by atoms with van der Waals surface area (Å²) in [6, 6.07) is 7.39. The second-order valence-electron chi connectivity index (χ2n) is 9.37. The molecule has 0 saturated heterocycles. The molecule has 36 heavy (non-hydrogen) atoms. The molecule has 0 N–H and O–H groups in total. The van der Waals surface area contributed by atoms with Gasteiger partial charge in [0.15, 0.2) is 11.9 Å². The summed E-state index contributed by atoms with van der Waals surface area (Å²) in [5.74, 6) is 1.15. The van der Waals surface area contributed by atoms with Gasteiger partial charge in [-0.3, -0.25) is 0 Å². The number of benzene rings is 2. The van der Waals surface area contributed by atoms with Gasteiger partial charge in [-0.15, -0.1) is 4.40 Å². The van der Waals surface area contributed by atoms with Gasteiger partial charge in [-0.25, -0.2) is 0 Å². The van der Waals surface area contributed by atoms with Crippen LogP contribution in [-0.4, -0.2) is 51.2 Å². The molecule has 0 radical (unpaired) electrons. The minimum absolute atomic E-state index is 0.171. The number of oxime groups is 1. The van der Waals surface area contributed by atoms with Crippen LogP contribution >= 0.6 is 0 Å². The van der Waals surface area contributed by atoms with Crippen molar-refractivity contribution >= 4 is 27.1 Å². The van der Waals surface area contributed by atoms with Crippen LogP contribution in [0.3, 0.4) is 0 Å². The zero-order chi connectivity index (χ0) is 26.4. The summed E-state index contributed by atoms with van der Waals surface area (Å²) in [6.07, 6.45) is -0.390. The van der Waals surface area contributed by atoms with E-state index >= 15 is 0 Å². The van der Waals surface area contributed by atoms with Crippen molar-refractivity contribution in [2.75, 3.05) is 20.2 Å². The first kappa shape index (κ1) is 25.9. The summed E-state index contributed by atoms with van der Waals surface area (Å²) in [6.45, 7) is 15.8. The van der Waals surface area contributed by atoms with Gasteiger partial charge in [0.05, 0.1) is 12.8 Å². The van der Waals surface area contributed by atoms with E-state index < -0.39 is 16.1 Å². The molecule has 0 saturated carbocycles. The molecular weight excluding hydrogens is 474 g/mol. The Bertz CT molecular complexity index is 1370. The molecule has 1 atom stereocenters. The number of likely N-dealkylation sites (N-methyl/N-ethyl adjacent to an activating group) is 1. The van der Waals surface area contributed by atoms with Crippen molar-refractivity contribution in [3.8, 4) is 5.75 Å². The summed E-state index contributed by atoms with van der Waals surface area (Å²) >= 11 is 0. The van der Waals surface area contributed by atoms with Gasteiger partial charge >= 0.3 is 0 Å². The predicted octanol–water partition coefficient (Wildman–Crippen LogP) is 5.23. The number of amidine groups is 1. The van der Waals surface area contributed by atoms with E-state index in [9.17, 15) is 8.42 Å². The van der Waals surface area contributed by atoms with Gasteiger partial charge in [-0.05, 0) is 94.0 Å². The molecule has 0 fully saturated rings. The summed E-state index contributed by atoms with van der Waals surface area (Å²) < 4.78 is 36.6. The zero-order valence-corrected chi connectivity index (χ0v) is 23.2. The highest BCUT2D eigenvalue weighted by Gasteiger charge is 2.43. The Morgan fingerprint density at radius 1 is 0.944 bits per heavy atom. The van der Waals surface area contributed by atoms with E-state index in [0.717, 1.165) is 28.0 Å². The lowest BCUT2D eigenvalue weighted by Crippen LogP contribution is -2.31. The van der Waals surface area contributed by atoms with Crippen molar-refractivity contribution in [1.82, 2.24) is 4.90 Å². The van der Waals surface area contributed by atoms with Crippen LogP contribution in [0.2, 0.25) is 0 Å². The van der Waals surface area contributed by atoms with Crippen molar-refractivity contribution < 1.29 is 18.0 Å². The quantitative estimate of drug-likeness (QED) is 0.533. The lowest BCUT2D eigenvalue weighted by molar-refractivity contribution is 0.117. The molecule has 2 aromatic carbocycles. The van der Waals surface area contributed by atoms with Crippen LogP contribution in [0.25, 0.3) is 5.57 Å². The molecule has 2 aliphatic rings. The van der Waals surface area contributed by atoms with Gasteiger partial charge < -0.3 is 14.5 Å². The Labute approximate surface area is 214 Å². The molecule has 0 spiro atoms. The first-order valence-corrected chi connectivity index (χ1v) is 13.8. The van der Waals surface area contributed by atoms with Crippen molar-refractivity contribution in [3.05, 3.63) is 68.1 Å². The van der Waals surface area contributed by atoms with Gasteiger partial charge in [-0.2, -0.15) is 8.42 Å². The second kappa shape index (κ2) is 9.73. The molecule has 2 aliphatic heterocycles. The Morgan fingerprint density at radius 2 is 1.50 bits per heavy atom. The Morgan fingerprint density at radius 3 is 2.03 bits per heavy atom. The summed E-state index contributed by atoms with van der Waals surface area (Å²) in [4.78, 5) is 8.02. The fourth-order valence-electron chi connectivity index (χ4n) is 5.14. The predicted molar refractivity (Wildman–Crippen MR) is 145 cm³/mol. The van der Waals surface area contributed by atoms with E-state index in [-0.39, 0.29) is 4.91 Å². The van der Waals surface area contributed by atoms with Crippen molar-refractivity contribution in [2.45, 2.75) is 61.0 Å². The first-order chi connectivity index (χ1) is 17.0. The number of hydrogen-bond acceptors (Lipinski definition) is 6. The summed E-state index contributed by atoms with van der Waals surface area (Å²) in [7, 11) is -2.35. The van der Waals surface area contributed by atoms with Crippen molar-refractivity contribution in [1.29, 1.82) is 0 Å². The maximum Gasteiger partial charge on any atom is 0.285 e. The number of rotatable bonds is 6. The monoisotopic (exact) mass is 509 g/mol. The average Bonchev–Trinajstić information content (AvgIpc) is 3.44. The van der Waals surface area contributed by atoms with Crippen LogP contribution in [0.1, 0.15) is 59.2 Å². The maximum absolute atomic E-state index is 13.5. The number of sulfonamides is 1. The van der Waals surface area contributed by atoms with Gasteiger partial charge in [0, 0.05) is 30.6 Å². The van der Waals surface area contributed by atoms with Crippen LogP contribution in [0.5, 0.6) is 5.75 Å². The van der Waals surface area contributed by atoms with Crippen LogP contribution in [0, 0.1) is 34.6 Å². The third-order valence-electron chi connectivity index (χ3n) is 7.65. The molecular formula is C28H35N3O4S. The first-order valence-electron chi connectivity index (χ1n) is 12.3. The number of methoxy groups -OCH3 is 1. The van der Waals surface area contributed by atoms with Gasteiger partial charge in [0.25, 0.3) is 10.0 Å². The van der Waals surface area contributed by atoms with E-state index in [1.54, 1.807) is 7.11 Å². The molecule has 2 aromatic rings.